The highest BCUT2D eigenvalue weighted by atomic mass is 32.2. The van der Waals surface area contributed by atoms with Crippen molar-refractivity contribution in [2.24, 2.45) is 0 Å². The molecule has 3 heteroatoms. The molecule has 0 bridgehead atoms. The van der Waals surface area contributed by atoms with E-state index in [1.165, 1.54) is 0 Å². The fourth-order valence-electron chi connectivity index (χ4n) is 0.492. The second-order valence-electron chi connectivity index (χ2n) is 1.38. The van der Waals surface area contributed by atoms with E-state index >= 15 is 0 Å². The lowest BCUT2D eigenvalue weighted by molar-refractivity contribution is -0.109. The minimum Gasteiger partial charge on any atom is -0.341 e. The molecule has 0 saturated heterocycles. The average Bonchev–Trinajstić information content (AvgIpc) is 2.19. The Morgan fingerprint density at radius 3 is 3.25 bits per heavy atom. The van der Waals surface area contributed by atoms with Gasteiger partial charge < -0.3 is 5.32 Å². The van der Waals surface area contributed by atoms with Crippen LogP contribution >= 0.6 is 11.8 Å². The fraction of sp³-hybridized carbons (Fsp3) is 0.200. The first-order valence-corrected chi connectivity index (χ1v) is 3.19. The van der Waals surface area contributed by atoms with Gasteiger partial charge >= 0.3 is 0 Å². The zero-order chi connectivity index (χ0) is 5.82. The van der Waals surface area contributed by atoms with E-state index in [1.807, 2.05) is 11.5 Å². The molecule has 1 aliphatic rings. The Kier molecular flexibility index (Phi) is 1.97. The molecular weight excluding hydrogens is 122 g/mol. The fourth-order valence-corrected chi connectivity index (χ4v) is 1.16. The quantitative estimate of drug-likeness (QED) is 0.559. The molecule has 0 aromatic carbocycles. The van der Waals surface area contributed by atoms with Crippen LogP contribution in [0.4, 0.5) is 0 Å². The Balaban J connectivity index is 2.19. The van der Waals surface area contributed by atoms with Gasteiger partial charge in [0.25, 0.3) is 0 Å². The maximum absolute atomic E-state index is 9.79. The van der Waals surface area contributed by atoms with Gasteiger partial charge in [0.05, 0.1) is 0 Å². The van der Waals surface area contributed by atoms with Crippen molar-refractivity contribution in [1.82, 2.24) is 5.32 Å². The molecule has 1 aliphatic heterocycles. The molecule has 0 spiro atoms. The highest BCUT2D eigenvalue weighted by molar-refractivity contribution is 8.05. The summed E-state index contributed by atoms with van der Waals surface area (Å²) in [5.74, 6) is 0. The van der Waals surface area contributed by atoms with E-state index in [-0.39, 0.29) is 0 Å². The van der Waals surface area contributed by atoms with Crippen molar-refractivity contribution in [3.05, 3.63) is 16.9 Å². The minimum absolute atomic E-state index is 0.704. The second kappa shape index (κ2) is 2.77. The number of nitrogens with one attached hydrogen (secondary N) is 1. The summed E-state index contributed by atoms with van der Waals surface area (Å²) in [6, 6.07) is 0. The SMILES string of the molecule is O=CN[C]1CC=CS1. The summed E-state index contributed by atoms with van der Waals surface area (Å²) in [5, 5.41) is 5.56. The number of carbonyl (C=O) groups excluding carboxylic acids is 1. The third-order valence-corrected chi connectivity index (χ3v) is 1.73. The molecule has 0 aromatic rings. The van der Waals surface area contributed by atoms with E-state index in [0.717, 1.165) is 11.8 Å². The Morgan fingerprint density at radius 1 is 1.88 bits per heavy atom. The molecule has 2 nitrogen and oxygen atoms in total. The first-order chi connectivity index (χ1) is 3.93. The summed E-state index contributed by atoms with van der Waals surface area (Å²) in [4.78, 5) is 9.79. The van der Waals surface area contributed by atoms with Crippen molar-refractivity contribution in [2.75, 3.05) is 0 Å². The van der Waals surface area contributed by atoms with Crippen molar-refractivity contribution < 1.29 is 4.79 Å². The van der Waals surface area contributed by atoms with Crippen LogP contribution in [-0.4, -0.2) is 6.41 Å². The van der Waals surface area contributed by atoms with Crippen molar-refractivity contribution in [2.45, 2.75) is 6.42 Å². The van der Waals surface area contributed by atoms with Crippen LogP contribution in [0.5, 0.6) is 0 Å². The van der Waals surface area contributed by atoms with Gasteiger partial charge in [0.15, 0.2) is 0 Å². The van der Waals surface area contributed by atoms with E-state index < -0.39 is 0 Å². The molecule has 1 radical (unpaired) electrons. The molecule has 0 atom stereocenters. The molecule has 1 N–H and O–H groups in total. The summed E-state index contributed by atoms with van der Waals surface area (Å²) in [7, 11) is 0. The van der Waals surface area contributed by atoms with Gasteiger partial charge in [-0.1, -0.05) is 6.08 Å². The van der Waals surface area contributed by atoms with Gasteiger partial charge in [0.1, 0.15) is 5.37 Å². The number of hydrogen-bond acceptors (Lipinski definition) is 2. The van der Waals surface area contributed by atoms with Crippen LogP contribution in [0, 0.1) is 5.37 Å². The lowest BCUT2D eigenvalue weighted by atomic mass is 10.4. The van der Waals surface area contributed by atoms with Crippen molar-refractivity contribution in [3.8, 4) is 0 Å². The molecule has 43 valence electrons. The van der Waals surface area contributed by atoms with Crippen LogP contribution in [-0.2, 0) is 4.79 Å². The van der Waals surface area contributed by atoms with Crippen LogP contribution in [0.2, 0.25) is 0 Å². The molecule has 1 rings (SSSR count). The first kappa shape index (κ1) is 5.69. The van der Waals surface area contributed by atoms with E-state index in [2.05, 4.69) is 5.32 Å². The Morgan fingerprint density at radius 2 is 2.75 bits per heavy atom. The van der Waals surface area contributed by atoms with E-state index in [4.69, 9.17) is 0 Å². The van der Waals surface area contributed by atoms with Crippen LogP contribution in [0.25, 0.3) is 0 Å². The van der Waals surface area contributed by atoms with E-state index in [1.54, 1.807) is 11.8 Å². The maximum atomic E-state index is 9.79. The van der Waals surface area contributed by atoms with Gasteiger partial charge in [0.2, 0.25) is 6.41 Å². The first-order valence-electron chi connectivity index (χ1n) is 2.31. The zero-order valence-electron chi connectivity index (χ0n) is 4.26. The smallest absolute Gasteiger partial charge is 0.208 e. The molecule has 0 saturated carbocycles. The third-order valence-electron chi connectivity index (χ3n) is 0.830. The van der Waals surface area contributed by atoms with Gasteiger partial charge in [-0.2, -0.15) is 0 Å². The molecule has 1 heterocycles. The van der Waals surface area contributed by atoms with Gasteiger partial charge in [-0.3, -0.25) is 4.79 Å². The normalized spacial score (nSPS) is 19.0. The van der Waals surface area contributed by atoms with Crippen LogP contribution < -0.4 is 5.32 Å². The number of hydrogen-bond donors (Lipinski definition) is 1. The molecule has 0 fully saturated rings. The van der Waals surface area contributed by atoms with E-state index in [9.17, 15) is 4.79 Å². The van der Waals surface area contributed by atoms with Gasteiger partial charge in [-0.15, -0.1) is 11.8 Å². The molecule has 1 amide bonds. The van der Waals surface area contributed by atoms with Crippen LogP contribution in [0.1, 0.15) is 6.42 Å². The standard InChI is InChI=1S/C5H6NOS/c7-4-6-5-2-1-3-8-5/h1,3-4H,2H2,(H,6,7). The summed E-state index contributed by atoms with van der Waals surface area (Å²) in [6.07, 6.45) is 3.59. The van der Waals surface area contributed by atoms with Crippen molar-refractivity contribution in [3.63, 3.8) is 0 Å². The summed E-state index contributed by atoms with van der Waals surface area (Å²) >= 11 is 1.56. The lowest BCUT2D eigenvalue weighted by Gasteiger charge is -2.01. The number of amides is 1. The number of carbonyl (C=O) groups is 1. The lowest BCUT2D eigenvalue weighted by Crippen LogP contribution is -2.12. The predicted molar refractivity (Wildman–Crippen MR) is 33.8 cm³/mol. The third kappa shape index (κ3) is 1.26. The topological polar surface area (TPSA) is 29.1 Å². The van der Waals surface area contributed by atoms with Crippen LogP contribution in [0.3, 0.4) is 0 Å². The highest BCUT2D eigenvalue weighted by Crippen LogP contribution is 2.27. The molecule has 0 aromatic heterocycles. The van der Waals surface area contributed by atoms with Gasteiger partial charge in [-0.05, 0) is 5.41 Å². The number of thioether (sulfide) groups is 1. The molecule has 0 aliphatic carbocycles. The second-order valence-corrected chi connectivity index (χ2v) is 2.38. The van der Waals surface area contributed by atoms with Crippen LogP contribution in [0.15, 0.2) is 11.5 Å². The maximum Gasteiger partial charge on any atom is 0.208 e. The molecular formula is C5H6NOS. The number of rotatable bonds is 2. The van der Waals surface area contributed by atoms with E-state index in [0.29, 0.717) is 6.41 Å². The van der Waals surface area contributed by atoms with Crippen molar-refractivity contribution in [1.29, 1.82) is 0 Å². The Labute approximate surface area is 52.3 Å². The van der Waals surface area contributed by atoms with Gasteiger partial charge in [0, 0.05) is 6.42 Å². The Hall–Kier alpha value is -0.440. The summed E-state index contributed by atoms with van der Waals surface area (Å²) in [5.41, 5.74) is 0. The monoisotopic (exact) mass is 128 g/mol. The van der Waals surface area contributed by atoms with Gasteiger partial charge in [-0.25, -0.2) is 0 Å². The summed E-state index contributed by atoms with van der Waals surface area (Å²) in [6.45, 7) is 0. The minimum atomic E-state index is 0.704. The Bertz CT molecular complexity index is 105. The highest BCUT2D eigenvalue weighted by Gasteiger charge is 2.08. The predicted octanol–water partition coefficient (Wildman–Crippen LogP) is 0.872. The molecule has 0 unspecified atom stereocenters. The average molecular weight is 128 g/mol. The summed E-state index contributed by atoms with van der Waals surface area (Å²) < 4.78 is 0. The molecule has 8 heavy (non-hydrogen) atoms. The van der Waals surface area contributed by atoms with Crippen molar-refractivity contribution >= 4 is 18.2 Å². The zero-order valence-corrected chi connectivity index (χ0v) is 5.07. The largest absolute Gasteiger partial charge is 0.341 e.